The third-order valence-corrected chi connectivity index (χ3v) is 5.36. The van der Waals surface area contributed by atoms with E-state index in [9.17, 15) is 0 Å². The van der Waals surface area contributed by atoms with Gasteiger partial charge in [0.05, 0.1) is 12.1 Å². The first-order valence-electron chi connectivity index (χ1n) is 9.59. The number of rotatable bonds is 5. The topological polar surface area (TPSA) is 46.8 Å². The molecule has 0 radical (unpaired) electrons. The minimum Gasteiger partial charge on any atom is -0.333 e. The first-order valence-corrected chi connectivity index (χ1v) is 9.59. The molecule has 1 aromatic carbocycles. The first-order chi connectivity index (χ1) is 12.6. The number of fused-ring (bicyclic) bond motifs is 1. The quantitative estimate of drug-likeness (QED) is 0.700. The average molecular weight is 349 g/mol. The van der Waals surface area contributed by atoms with Gasteiger partial charge in [-0.25, -0.2) is 15.0 Å². The zero-order valence-electron chi connectivity index (χ0n) is 15.9. The molecular formula is C21H27N5. The van der Waals surface area contributed by atoms with Crippen LogP contribution in [-0.2, 0) is 13.1 Å². The molecule has 5 nitrogen and oxygen atoms in total. The van der Waals surface area contributed by atoms with Crippen molar-refractivity contribution in [2.75, 3.05) is 6.54 Å². The Kier molecular flexibility index (Phi) is 4.72. The van der Waals surface area contributed by atoms with E-state index in [-0.39, 0.29) is 0 Å². The molecule has 3 heterocycles. The summed E-state index contributed by atoms with van der Waals surface area (Å²) in [6, 6.07) is 8.79. The molecule has 136 valence electrons. The maximum absolute atomic E-state index is 4.80. The van der Waals surface area contributed by atoms with Gasteiger partial charge in [-0.15, -0.1) is 0 Å². The maximum atomic E-state index is 4.80. The summed E-state index contributed by atoms with van der Waals surface area (Å²) in [5.41, 5.74) is 2.11. The van der Waals surface area contributed by atoms with Crippen LogP contribution < -0.4 is 0 Å². The Morgan fingerprint density at radius 1 is 1.19 bits per heavy atom. The molecule has 0 N–H and O–H groups in total. The van der Waals surface area contributed by atoms with Crippen LogP contribution in [0.2, 0.25) is 0 Å². The number of hydrogen-bond donors (Lipinski definition) is 0. The van der Waals surface area contributed by atoms with Gasteiger partial charge in [0.2, 0.25) is 0 Å². The summed E-state index contributed by atoms with van der Waals surface area (Å²) in [5, 5.41) is 1.15. The zero-order valence-corrected chi connectivity index (χ0v) is 15.9. The lowest BCUT2D eigenvalue weighted by Crippen LogP contribution is -2.33. The molecule has 0 unspecified atom stereocenters. The van der Waals surface area contributed by atoms with Gasteiger partial charge in [0, 0.05) is 42.0 Å². The molecule has 1 aliphatic rings. The smallest absolute Gasteiger partial charge is 0.143 e. The van der Waals surface area contributed by atoms with Crippen LogP contribution in [0.5, 0.6) is 0 Å². The van der Waals surface area contributed by atoms with Gasteiger partial charge in [-0.2, -0.15) is 0 Å². The standard InChI is InChI=1S/C21H27N5/c1-15(2)21-22-10-12-26(21)13-17-7-6-11-25(17)14-20-23-16(3)18-8-4-5-9-19(18)24-20/h4-5,8-10,12,15,17H,6-7,11,13-14H2,1-3H3/t17-/m0/s1. The van der Waals surface area contributed by atoms with Crippen molar-refractivity contribution in [1.29, 1.82) is 0 Å². The van der Waals surface area contributed by atoms with Crippen molar-refractivity contribution in [3.63, 3.8) is 0 Å². The SMILES string of the molecule is Cc1nc(CN2CCC[C@H]2Cn2ccnc2C(C)C)nc2ccccc12. The highest BCUT2D eigenvalue weighted by Crippen LogP contribution is 2.23. The minimum atomic E-state index is 0.450. The average Bonchev–Trinajstić information content (AvgIpc) is 3.25. The van der Waals surface area contributed by atoms with Gasteiger partial charge in [-0.3, -0.25) is 4.90 Å². The minimum absolute atomic E-state index is 0.450. The van der Waals surface area contributed by atoms with Crippen molar-refractivity contribution in [2.24, 2.45) is 0 Å². The second-order valence-corrected chi connectivity index (χ2v) is 7.60. The Labute approximate surface area is 155 Å². The number of aryl methyl sites for hydroxylation is 1. The molecule has 1 aliphatic heterocycles. The number of imidazole rings is 1. The third-order valence-electron chi connectivity index (χ3n) is 5.36. The molecule has 1 saturated heterocycles. The molecular weight excluding hydrogens is 322 g/mol. The number of likely N-dealkylation sites (tertiary alicyclic amines) is 1. The number of para-hydroxylation sites is 1. The Morgan fingerprint density at radius 3 is 2.88 bits per heavy atom. The van der Waals surface area contributed by atoms with E-state index in [1.54, 1.807) is 0 Å². The Bertz CT molecular complexity index is 898. The first kappa shape index (κ1) is 17.2. The molecule has 0 aliphatic carbocycles. The summed E-state index contributed by atoms with van der Waals surface area (Å²) in [6.45, 7) is 9.43. The van der Waals surface area contributed by atoms with E-state index < -0.39 is 0 Å². The lowest BCUT2D eigenvalue weighted by atomic mass is 10.2. The van der Waals surface area contributed by atoms with Gasteiger partial charge in [-0.1, -0.05) is 32.0 Å². The monoisotopic (exact) mass is 349 g/mol. The van der Waals surface area contributed by atoms with E-state index in [0.717, 1.165) is 42.1 Å². The van der Waals surface area contributed by atoms with E-state index in [1.807, 2.05) is 18.3 Å². The van der Waals surface area contributed by atoms with Crippen LogP contribution >= 0.6 is 0 Å². The number of benzene rings is 1. The number of nitrogens with zero attached hydrogens (tertiary/aromatic N) is 5. The molecule has 3 aromatic rings. The van der Waals surface area contributed by atoms with Gasteiger partial charge >= 0.3 is 0 Å². The zero-order chi connectivity index (χ0) is 18.1. The molecule has 2 aromatic heterocycles. The molecule has 0 saturated carbocycles. The van der Waals surface area contributed by atoms with Crippen molar-refractivity contribution >= 4 is 10.9 Å². The third kappa shape index (κ3) is 3.36. The molecule has 1 atom stereocenters. The van der Waals surface area contributed by atoms with E-state index in [0.29, 0.717) is 12.0 Å². The van der Waals surface area contributed by atoms with Crippen molar-refractivity contribution in [2.45, 2.75) is 58.7 Å². The fraction of sp³-hybridized carbons (Fsp3) is 0.476. The molecule has 0 bridgehead atoms. The van der Waals surface area contributed by atoms with Gasteiger partial charge in [0.15, 0.2) is 0 Å². The Balaban J connectivity index is 1.53. The summed E-state index contributed by atoms with van der Waals surface area (Å²) in [7, 11) is 0. The summed E-state index contributed by atoms with van der Waals surface area (Å²) in [4.78, 5) is 16.6. The van der Waals surface area contributed by atoms with E-state index in [4.69, 9.17) is 9.97 Å². The van der Waals surface area contributed by atoms with Crippen molar-refractivity contribution in [3.05, 3.63) is 54.0 Å². The second kappa shape index (κ2) is 7.16. The predicted molar refractivity (Wildman–Crippen MR) is 104 cm³/mol. The van der Waals surface area contributed by atoms with Crippen LogP contribution in [0, 0.1) is 6.92 Å². The van der Waals surface area contributed by atoms with Gasteiger partial charge < -0.3 is 4.57 Å². The fourth-order valence-electron chi connectivity index (χ4n) is 4.06. The second-order valence-electron chi connectivity index (χ2n) is 7.60. The molecule has 4 rings (SSSR count). The highest BCUT2D eigenvalue weighted by molar-refractivity contribution is 5.80. The van der Waals surface area contributed by atoms with Gasteiger partial charge in [-0.05, 0) is 32.4 Å². The number of aromatic nitrogens is 4. The van der Waals surface area contributed by atoms with Crippen LogP contribution in [-0.4, -0.2) is 37.0 Å². The summed E-state index contributed by atoms with van der Waals surface area (Å²) < 4.78 is 2.32. The van der Waals surface area contributed by atoms with Gasteiger partial charge in [0.25, 0.3) is 0 Å². The largest absolute Gasteiger partial charge is 0.333 e. The van der Waals surface area contributed by atoms with Crippen LogP contribution in [0.15, 0.2) is 36.7 Å². The normalized spacial score (nSPS) is 18.2. The highest BCUT2D eigenvalue weighted by atomic mass is 15.2. The molecule has 0 spiro atoms. The molecule has 5 heteroatoms. The van der Waals surface area contributed by atoms with Crippen LogP contribution in [0.1, 0.15) is 49.9 Å². The van der Waals surface area contributed by atoms with Crippen molar-refractivity contribution < 1.29 is 0 Å². The summed E-state index contributed by atoms with van der Waals surface area (Å²) in [5.74, 6) is 2.56. The highest BCUT2D eigenvalue weighted by Gasteiger charge is 2.26. The van der Waals surface area contributed by atoms with Gasteiger partial charge in [0.1, 0.15) is 11.6 Å². The Hall–Kier alpha value is -2.27. The van der Waals surface area contributed by atoms with Crippen LogP contribution in [0.3, 0.4) is 0 Å². The Morgan fingerprint density at radius 2 is 2.04 bits per heavy atom. The molecule has 26 heavy (non-hydrogen) atoms. The van der Waals surface area contributed by atoms with Crippen molar-refractivity contribution in [3.8, 4) is 0 Å². The molecule has 0 amide bonds. The summed E-state index contributed by atoms with van der Waals surface area (Å²) >= 11 is 0. The van der Waals surface area contributed by atoms with Crippen LogP contribution in [0.25, 0.3) is 10.9 Å². The van der Waals surface area contributed by atoms with E-state index >= 15 is 0 Å². The lowest BCUT2D eigenvalue weighted by Gasteiger charge is -2.25. The van der Waals surface area contributed by atoms with E-state index in [1.165, 1.54) is 18.7 Å². The fourth-order valence-corrected chi connectivity index (χ4v) is 4.06. The molecule has 1 fully saturated rings. The summed E-state index contributed by atoms with van der Waals surface area (Å²) in [6.07, 6.45) is 6.50. The number of hydrogen-bond acceptors (Lipinski definition) is 4. The van der Waals surface area contributed by atoms with E-state index in [2.05, 4.69) is 53.6 Å². The van der Waals surface area contributed by atoms with Crippen molar-refractivity contribution in [1.82, 2.24) is 24.4 Å². The maximum Gasteiger partial charge on any atom is 0.143 e. The lowest BCUT2D eigenvalue weighted by molar-refractivity contribution is 0.217. The van der Waals surface area contributed by atoms with Crippen LogP contribution in [0.4, 0.5) is 0 Å². The predicted octanol–water partition coefficient (Wildman–Crippen LogP) is 3.92.